The number of aliphatic hydroxyl groups is 1. The summed E-state index contributed by atoms with van der Waals surface area (Å²) in [6.45, 7) is 2.41. The highest BCUT2D eigenvalue weighted by Crippen LogP contribution is 2.16. The smallest absolute Gasteiger partial charge is 0.313 e. The summed E-state index contributed by atoms with van der Waals surface area (Å²) in [4.78, 5) is 23.5. The number of rotatable bonds is 6. The molecule has 7 heteroatoms. The third-order valence-electron chi connectivity index (χ3n) is 3.01. The van der Waals surface area contributed by atoms with Crippen molar-refractivity contribution in [2.75, 3.05) is 18.5 Å². The summed E-state index contributed by atoms with van der Waals surface area (Å²) in [5.74, 6) is -0.895. The zero-order valence-corrected chi connectivity index (χ0v) is 13.4. The summed E-state index contributed by atoms with van der Waals surface area (Å²) >= 11 is 1.45. The molecule has 23 heavy (non-hydrogen) atoms. The number of ether oxygens (including phenoxy) is 1. The van der Waals surface area contributed by atoms with E-state index in [1.165, 1.54) is 11.3 Å². The summed E-state index contributed by atoms with van der Waals surface area (Å²) in [5.41, 5.74) is 1.20. The van der Waals surface area contributed by atoms with E-state index >= 15 is 0 Å². The van der Waals surface area contributed by atoms with E-state index < -0.39 is 17.9 Å². The molecular weight excluding hydrogens is 316 g/mol. The van der Waals surface area contributed by atoms with Gasteiger partial charge < -0.3 is 20.5 Å². The number of amides is 2. The summed E-state index contributed by atoms with van der Waals surface area (Å²) in [6, 6.07) is 8.48. The molecule has 1 aromatic carbocycles. The zero-order chi connectivity index (χ0) is 16.7. The lowest BCUT2D eigenvalue weighted by molar-refractivity contribution is -0.136. The molecule has 0 radical (unpaired) electrons. The second-order valence-corrected chi connectivity index (χ2v) is 5.47. The van der Waals surface area contributed by atoms with E-state index in [4.69, 9.17) is 4.74 Å². The quantitative estimate of drug-likeness (QED) is 0.705. The number of hydrogen-bond donors (Lipinski definition) is 3. The van der Waals surface area contributed by atoms with E-state index in [1.54, 1.807) is 35.7 Å². The van der Waals surface area contributed by atoms with Gasteiger partial charge in [0.05, 0.1) is 12.7 Å². The maximum atomic E-state index is 11.8. The van der Waals surface area contributed by atoms with Gasteiger partial charge in [-0.05, 0) is 53.6 Å². The average molecular weight is 334 g/mol. The van der Waals surface area contributed by atoms with Gasteiger partial charge in [-0.3, -0.25) is 9.59 Å². The molecule has 1 unspecified atom stereocenters. The van der Waals surface area contributed by atoms with E-state index in [-0.39, 0.29) is 6.54 Å². The third-order valence-corrected chi connectivity index (χ3v) is 3.71. The Balaban J connectivity index is 1.81. The number of thiophene rings is 1. The number of carbonyl (C=O) groups excluding carboxylic acids is 2. The summed E-state index contributed by atoms with van der Waals surface area (Å²) < 4.78 is 5.29. The van der Waals surface area contributed by atoms with Gasteiger partial charge in [0.1, 0.15) is 5.75 Å². The van der Waals surface area contributed by atoms with E-state index in [2.05, 4.69) is 10.6 Å². The van der Waals surface area contributed by atoms with E-state index in [0.29, 0.717) is 23.6 Å². The maximum Gasteiger partial charge on any atom is 0.313 e. The van der Waals surface area contributed by atoms with Gasteiger partial charge in [0.25, 0.3) is 0 Å². The lowest BCUT2D eigenvalue weighted by atomic mass is 10.2. The van der Waals surface area contributed by atoms with Gasteiger partial charge in [0.15, 0.2) is 0 Å². The number of nitrogens with one attached hydrogen (secondary N) is 2. The molecule has 0 aliphatic carbocycles. The van der Waals surface area contributed by atoms with Crippen LogP contribution in [0.4, 0.5) is 5.69 Å². The number of hydrogen-bond acceptors (Lipinski definition) is 5. The van der Waals surface area contributed by atoms with Gasteiger partial charge in [0, 0.05) is 12.2 Å². The normalized spacial score (nSPS) is 11.6. The van der Waals surface area contributed by atoms with Crippen LogP contribution in [0.2, 0.25) is 0 Å². The molecule has 1 heterocycles. The van der Waals surface area contributed by atoms with Crippen LogP contribution in [0, 0.1) is 0 Å². The van der Waals surface area contributed by atoms with Crippen molar-refractivity contribution in [1.82, 2.24) is 5.32 Å². The molecule has 0 saturated carbocycles. The second kappa shape index (κ2) is 8.30. The lowest BCUT2D eigenvalue weighted by Crippen LogP contribution is -2.37. The van der Waals surface area contributed by atoms with E-state index in [0.717, 1.165) is 0 Å². The van der Waals surface area contributed by atoms with Crippen molar-refractivity contribution < 1.29 is 19.4 Å². The number of anilines is 1. The first-order valence-corrected chi connectivity index (χ1v) is 8.06. The van der Waals surface area contributed by atoms with Crippen LogP contribution in [-0.2, 0) is 9.59 Å². The highest BCUT2D eigenvalue weighted by Gasteiger charge is 2.16. The van der Waals surface area contributed by atoms with Gasteiger partial charge in [-0.2, -0.15) is 11.3 Å². The fourth-order valence-corrected chi connectivity index (χ4v) is 2.55. The molecule has 122 valence electrons. The van der Waals surface area contributed by atoms with Crippen molar-refractivity contribution in [2.24, 2.45) is 0 Å². The third kappa shape index (κ3) is 5.08. The number of aliphatic hydroxyl groups excluding tert-OH is 1. The minimum Gasteiger partial charge on any atom is -0.494 e. The molecular formula is C16H18N2O4S. The Labute approximate surface area is 138 Å². The van der Waals surface area contributed by atoms with Crippen molar-refractivity contribution in [2.45, 2.75) is 13.0 Å². The van der Waals surface area contributed by atoms with Crippen LogP contribution >= 0.6 is 11.3 Å². The minimum atomic E-state index is -0.830. The van der Waals surface area contributed by atoms with Gasteiger partial charge in [0.2, 0.25) is 0 Å². The molecule has 0 aliphatic heterocycles. The molecule has 2 rings (SSSR count). The summed E-state index contributed by atoms with van der Waals surface area (Å²) in [5, 5.41) is 18.4. The Bertz CT molecular complexity index is 641. The van der Waals surface area contributed by atoms with Crippen LogP contribution in [0.3, 0.4) is 0 Å². The predicted molar refractivity (Wildman–Crippen MR) is 88.5 cm³/mol. The van der Waals surface area contributed by atoms with Crippen LogP contribution in [0.15, 0.2) is 41.1 Å². The van der Waals surface area contributed by atoms with Crippen molar-refractivity contribution in [3.63, 3.8) is 0 Å². The first-order valence-electron chi connectivity index (χ1n) is 7.12. The molecule has 3 N–H and O–H groups in total. The lowest BCUT2D eigenvalue weighted by Gasteiger charge is -2.11. The molecule has 0 aliphatic rings. The summed E-state index contributed by atoms with van der Waals surface area (Å²) in [6.07, 6.45) is -0.830. The van der Waals surface area contributed by atoms with Crippen LogP contribution in [0.5, 0.6) is 5.75 Å². The Morgan fingerprint density at radius 3 is 2.57 bits per heavy atom. The number of benzene rings is 1. The van der Waals surface area contributed by atoms with Crippen LogP contribution in [-0.4, -0.2) is 30.1 Å². The SMILES string of the molecule is CCOc1ccc(NC(=O)C(=O)NCC(O)c2ccsc2)cc1. The Morgan fingerprint density at radius 2 is 1.96 bits per heavy atom. The monoisotopic (exact) mass is 334 g/mol. The first-order chi connectivity index (χ1) is 11.1. The molecule has 2 amide bonds. The minimum absolute atomic E-state index is 0.0216. The molecule has 2 aromatic rings. The van der Waals surface area contributed by atoms with Gasteiger partial charge in [-0.25, -0.2) is 0 Å². The highest BCUT2D eigenvalue weighted by molar-refractivity contribution is 7.07. The second-order valence-electron chi connectivity index (χ2n) is 4.69. The molecule has 1 aromatic heterocycles. The van der Waals surface area contributed by atoms with Crippen molar-refractivity contribution >= 4 is 28.8 Å². The highest BCUT2D eigenvalue weighted by atomic mass is 32.1. The maximum absolute atomic E-state index is 11.8. The van der Waals surface area contributed by atoms with Gasteiger partial charge in [-0.1, -0.05) is 0 Å². The fraction of sp³-hybridized carbons (Fsp3) is 0.250. The topological polar surface area (TPSA) is 87.7 Å². The van der Waals surface area contributed by atoms with E-state index in [9.17, 15) is 14.7 Å². The Morgan fingerprint density at radius 1 is 1.22 bits per heavy atom. The van der Waals surface area contributed by atoms with Crippen LogP contribution in [0.25, 0.3) is 0 Å². The molecule has 0 spiro atoms. The number of carbonyl (C=O) groups is 2. The van der Waals surface area contributed by atoms with Gasteiger partial charge >= 0.3 is 11.8 Å². The molecule has 0 fully saturated rings. The standard InChI is InChI=1S/C16H18N2O4S/c1-2-22-13-5-3-12(4-6-13)18-16(21)15(20)17-9-14(19)11-7-8-23-10-11/h3-8,10,14,19H,2,9H2,1H3,(H,17,20)(H,18,21). The zero-order valence-electron chi connectivity index (χ0n) is 12.6. The molecule has 0 bridgehead atoms. The van der Waals surface area contributed by atoms with E-state index in [1.807, 2.05) is 12.3 Å². The van der Waals surface area contributed by atoms with Crippen LogP contribution in [0.1, 0.15) is 18.6 Å². The van der Waals surface area contributed by atoms with Crippen molar-refractivity contribution in [1.29, 1.82) is 0 Å². The average Bonchev–Trinajstić information content (AvgIpc) is 3.09. The van der Waals surface area contributed by atoms with Gasteiger partial charge in [-0.15, -0.1) is 0 Å². The van der Waals surface area contributed by atoms with Crippen LogP contribution < -0.4 is 15.4 Å². The fourth-order valence-electron chi connectivity index (χ4n) is 1.84. The van der Waals surface area contributed by atoms with Crippen molar-refractivity contribution in [3.05, 3.63) is 46.7 Å². The predicted octanol–water partition coefficient (Wildman–Crippen LogP) is 1.94. The molecule has 6 nitrogen and oxygen atoms in total. The molecule has 1 atom stereocenters. The Hall–Kier alpha value is -2.38. The molecule has 0 saturated heterocycles. The summed E-state index contributed by atoms with van der Waals surface area (Å²) in [7, 11) is 0. The first kappa shape index (κ1) is 17.0. The Kier molecular flexibility index (Phi) is 6.13. The largest absolute Gasteiger partial charge is 0.494 e. The van der Waals surface area contributed by atoms with Crippen molar-refractivity contribution in [3.8, 4) is 5.75 Å².